The maximum Gasteiger partial charge on any atom is 0.333 e. The standard InChI is InChI=1S/C39H48N2O7S/c1-7-26-40-33-18-14-13-17-31(33)39(6,25-15-9-12-20-37(44)48-41-35(42)23-24-36(41)43)34(40)19-11-8-10-16-29(3)38(4,5)32-27-30(49(45,46)47)22-21-28(32)2/h8,10-11,13-14,16-19,21-22,27H,3,7,9,12,15,20,23-26H2,1-2,4-6H3,(H,45,46,47)/b11-8+,16-10+,34-19-. The van der Waals surface area contributed by atoms with Crippen molar-refractivity contribution in [1.29, 1.82) is 0 Å². The Bertz CT molecular complexity index is 1790. The number of rotatable bonds is 15. The first-order valence-electron chi connectivity index (χ1n) is 16.9. The number of allylic oxidation sites excluding steroid dienone is 7. The van der Waals surface area contributed by atoms with Crippen LogP contribution in [0.25, 0.3) is 0 Å². The number of carbonyl (C=O) groups excluding carboxylic acids is 3. The number of anilines is 1. The van der Waals surface area contributed by atoms with Crippen LogP contribution >= 0.6 is 0 Å². The molecular weight excluding hydrogens is 641 g/mol. The number of hydrogen-bond acceptors (Lipinski definition) is 7. The third kappa shape index (κ3) is 8.48. The van der Waals surface area contributed by atoms with Crippen LogP contribution in [0.2, 0.25) is 0 Å². The van der Waals surface area contributed by atoms with E-state index in [4.69, 9.17) is 4.84 Å². The molecule has 49 heavy (non-hydrogen) atoms. The summed E-state index contributed by atoms with van der Waals surface area (Å²) in [4.78, 5) is 43.0. The van der Waals surface area contributed by atoms with Gasteiger partial charge in [0.1, 0.15) is 0 Å². The zero-order valence-electron chi connectivity index (χ0n) is 29.2. The Morgan fingerprint density at radius 3 is 2.41 bits per heavy atom. The Morgan fingerprint density at radius 1 is 1.04 bits per heavy atom. The van der Waals surface area contributed by atoms with Crippen molar-refractivity contribution in [2.75, 3.05) is 11.4 Å². The molecule has 4 rings (SSSR count). The molecule has 0 radical (unpaired) electrons. The Morgan fingerprint density at radius 2 is 1.73 bits per heavy atom. The van der Waals surface area contributed by atoms with Gasteiger partial charge in [-0.25, -0.2) is 4.79 Å². The minimum atomic E-state index is -4.33. The Labute approximate surface area is 290 Å². The van der Waals surface area contributed by atoms with Gasteiger partial charge in [-0.15, -0.1) is 5.06 Å². The van der Waals surface area contributed by atoms with Crippen molar-refractivity contribution in [3.8, 4) is 0 Å². The number of aryl methyl sites for hydroxylation is 1. The number of unbranched alkanes of at least 4 members (excludes halogenated alkanes) is 2. The van der Waals surface area contributed by atoms with E-state index in [1.807, 2.05) is 45.1 Å². The van der Waals surface area contributed by atoms with Gasteiger partial charge >= 0.3 is 5.97 Å². The molecule has 2 heterocycles. The van der Waals surface area contributed by atoms with Crippen LogP contribution in [-0.4, -0.2) is 42.4 Å². The monoisotopic (exact) mass is 688 g/mol. The van der Waals surface area contributed by atoms with Crippen molar-refractivity contribution in [1.82, 2.24) is 5.06 Å². The van der Waals surface area contributed by atoms with Crippen LogP contribution in [0.1, 0.15) is 95.8 Å². The number of imide groups is 1. The first-order chi connectivity index (χ1) is 23.1. The van der Waals surface area contributed by atoms with E-state index < -0.39 is 33.3 Å². The minimum absolute atomic E-state index is 0.0761. The molecule has 1 saturated heterocycles. The molecule has 0 aliphatic carbocycles. The second-order valence-corrected chi connectivity index (χ2v) is 14.9. The molecule has 2 aliphatic rings. The Hall–Kier alpha value is -4.28. The lowest BCUT2D eigenvalue weighted by molar-refractivity contribution is -0.197. The van der Waals surface area contributed by atoms with Crippen LogP contribution in [0.5, 0.6) is 0 Å². The molecule has 0 aromatic heterocycles. The Balaban J connectivity index is 1.46. The average Bonchev–Trinajstić information content (AvgIpc) is 3.48. The molecule has 2 amide bonds. The molecule has 9 nitrogen and oxygen atoms in total. The van der Waals surface area contributed by atoms with Gasteiger partial charge in [0.2, 0.25) is 0 Å². The molecule has 0 bridgehead atoms. The van der Waals surface area contributed by atoms with Gasteiger partial charge in [-0.2, -0.15) is 8.42 Å². The van der Waals surface area contributed by atoms with Crippen molar-refractivity contribution in [3.05, 3.63) is 107 Å². The quantitative estimate of drug-likeness (QED) is 0.0871. The summed E-state index contributed by atoms with van der Waals surface area (Å²) in [5.74, 6) is -1.51. The third-order valence-corrected chi connectivity index (χ3v) is 10.5. The van der Waals surface area contributed by atoms with E-state index in [0.717, 1.165) is 48.9 Å². The van der Waals surface area contributed by atoms with E-state index >= 15 is 0 Å². The number of amides is 2. The molecule has 2 aromatic carbocycles. The molecule has 0 saturated carbocycles. The molecule has 0 spiro atoms. The summed E-state index contributed by atoms with van der Waals surface area (Å²) in [5, 5.41) is 0.601. The molecular formula is C39H48N2O7S. The highest BCUT2D eigenvalue weighted by molar-refractivity contribution is 7.85. The van der Waals surface area contributed by atoms with Crippen molar-refractivity contribution < 1.29 is 32.2 Å². The van der Waals surface area contributed by atoms with Gasteiger partial charge < -0.3 is 9.74 Å². The highest BCUT2D eigenvalue weighted by Crippen LogP contribution is 2.50. The largest absolute Gasteiger partial charge is 0.344 e. The van der Waals surface area contributed by atoms with Gasteiger partial charge in [-0.1, -0.05) is 88.8 Å². The van der Waals surface area contributed by atoms with Crippen LogP contribution in [0.3, 0.4) is 0 Å². The van der Waals surface area contributed by atoms with Crippen LogP contribution in [0.15, 0.2) is 95.6 Å². The van der Waals surface area contributed by atoms with Crippen LogP contribution < -0.4 is 4.90 Å². The third-order valence-electron chi connectivity index (χ3n) is 9.61. The first kappa shape index (κ1) is 37.5. The summed E-state index contributed by atoms with van der Waals surface area (Å²) in [6.45, 7) is 15.4. The fourth-order valence-corrected chi connectivity index (χ4v) is 7.18. The number of benzene rings is 2. The van der Waals surface area contributed by atoms with Crippen LogP contribution in [0, 0.1) is 6.92 Å². The molecule has 1 fully saturated rings. The van der Waals surface area contributed by atoms with E-state index in [1.165, 1.54) is 29.1 Å². The fraction of sp³-hybridized carbons (Fsp3) is 0.410. The van der Waals surface area contributed by atoms with E-state index in [2.05, 4.69) is 55.7 Å². The van der Waals surface area contributed by atoms with Gasteiger partial charge in [0.05, 0.1) is 4.90 Å². The number of nitrogens with zero attached hydrogens (tertiary/aromatic N) is 2. The fourth-order valence-electron chi connectivity index (χ4n) is 6.67. The molecule has 1 atom stereocenters. The van der Waals surface area contributed by atoms with Gasteiger partial charge in [0.25, 0.3) is 21.9 Å². The summed E-state index contributed by atoms with van der Waals surface area (Å²) in [5.41, 5.74) is 5.28. The maximum absolute atomic E-state index is 12.3. The second-order valence-electron chi connectivity index (χ2n) is 13.5. The van der Waals surface area contributed by atoms with E-state index in [-0.39, 0.29) is 29.6 Å². The topological polar surface area (TPSA) is 121 Å². The molecule has 2 aliphatic heterocycles. The molecule has 10 heteroatoms. The van der Waals surface area contributed by atoms with Gasteiger partial charge in [0.15, 0.2) is 0 Å². The number of carbonyl (C=O) groups is 3. The van der Waals surface area contributed by atoms with Gasteiger partial charge in [0, 0.05) is 48.0 Å². The average molecular weight is 689 g/mol. The van der Waals surface area contributed by atoms with Gasteiger partial charge in [-0.3, -0.25) is 14.1 Å². The van der Waals surface area contributed by atoms with Crippen LogP contribution in [0.4, 0.5) is 5.69 Å². The zero-order chi connectivity index (χ0) is 36.0. The number of fused-ring (bicyclic) bond motifs is 1. The van der Waals surface area contributed by atoms with Crippen molar-refractivity contribution in [3.63, 3.8) is 0 Å². The second kappa shape index (κ2) is 15.5. The number of hydroxylamine groups is 2. The number of hydrogen-bond donors (Lipinski definition) is 1. The molecule has 1 N–H and O–H groups in total. The lowest BCUT2D eigenvalue weighted by Gasteiger charge is -2.30. The summed E-state index contributed by atoms with van der Waals surface area (Å²) in [7, 11) is -4.33. The van der Waals surface area contributed by atoms with E-state index in [0.29, 0.717) is 11.5 Å². The first-order valence-corrected chi connectivity index (χ1v) is 18.3. The van der Waals surface area contributed by atoms with Crippen molar-refractivity contribution in [2.45, 2.75) is 102 Å². The molecule has 262 valence electrons. The summed E-state index contributed by atoms with van der Waals surface area (Å²) in [6.07, 6.45) is 14.4. The summed E-state index contributed by atoms with van der Waals surface area (Å²) < 4.78 is 33.1. The van der Waals surface area contributed by atoms with Gasteiger partial charge in [-0.05, 0) is 79.6 Å². The lowest BCUT2D eigenvalue weighted by Crippen LogP contribution is -2.32. The zero-order valence-corrected chi connectivity index (χ0v) is 30.0. The van der Waals surface area contributed by atoms with Crippen LogP contribution in [-0.2, 0) is 40.2 Å². The normalized spacial score (nSPS) is 19.1. The maximum atomic E-state index is 12.3. The highest BCUT2D eigenvalue weighted by Gasteiger charge is 2.42. The minimum Gasteiger partial charge on any atom is -0.344 e. The van der Waals surface area contributed by atoms with E-state index in [9.17, 15) is 27.4 Å². The predicted octanol–water partition coefficient (Wildman–Crippen LogP) is 7.82. The molecule has 2 aromatic rings. The molecule has 1 unspecified atom stereocenters. The summed E-state index contributed by atoms with van der Waals surface area (Å²) >= 11 is 0. The Kier molecular flexibility index (Phi) is 11.9. The smallest absolute Gasteiger partial charge is 0.333 e. The highest BCUT2D eigenvalue weighted by atomic mass is 32.2. The summed E-state index contributed by atoms with van der Waals surface area (Å²) in [6, 6.07) is 13.1. The lowest BCUT2D eigenvalue weighted by atomic mass is 9.76. The SMILES string of the molecule is C=C(/C=C/C=C/C=C1\N(CCC)c2ccccc2C1(C)CCCCCC(=O)ON1C(=O)CCC1=O)C(C)(C)c1cc(S(=O)(=O)O)ccc1C. The van der Waals surface area contributed by atoms with Crippen molar-refractivity contribution in [2.24, 2.45) is 0 Å². The number of para-hydroxylation sites is 1. The predicted molar refractivity (Wildman–Crippen MR) is 191 cm³/mol. The van der Waals surface area contributed by atoms with Crippen molar-refractivity contribution >= 4 is 33.6 Å². The van der Waals surface area contributed by atoms with E-state index in [1.54, 1.807) is 6.07 Å².